The molecule has 8 heteroatoms. The number of nitrogens with two attached hydrogens (primary N) is 1. The molecule has 2 rings (SSSR count). The van der Waals surface area contributed by atoms with E-state index in [9.17, 15) is 0 Å². The summed E-state index contributed by atoms with van der Waals surface area (Å²) in [6.07, 6.45) is 0.701. The van der Waals surface area contributed by atoms with Crippen molar-refractivity contribution in [3.05, 3.63) is 17.5 Å². The first kappa shape index (κ1) is 12.9. The van der Waals surface area contributed by atoms with E-state index < -0.39 is 0 Å². The van der Waals surface area contributed by atoms with Gasteiger partial charge < -0.3 is 10.9 Å². The van der Waals surface area contributed by atoms with Gasteiger partial charge in [0.15, 0.2) is 0 Å². The molecule has 0 unspecified atom stereocenters. The number of nitrogens with zero attached hydrogens (tertiary/aromatic N) is 5. The van der Waals surface area contributed by atoms with Gasteiger partial charge >= 0.3 is 0 Å². The van der Waals surface area contributed by atoms with Crippen LogP contribution in [0.25, 0.3) is 5.95 Å². The van der Waals surface area contributed by atoms with Crippen LogP contribution in [0.15, 0.2) is 11.2 Å². The van der Waals surface area contributed by atoms with E-state index in [1.54, 1.807) is 4.68 Å². The lowest BCUT2D eigenvalue weighted by Crippen LogP contribution is -2.17. The number of aliphatic hydroxyl groups excluding tert-OH is 1. The highest BCUT2D eigenvalue weighted by atomic mass is 32.2. The summed E-state index contributed by atoms with van der Waals surface area (Å²) in [5, 5.41) is 21.7. The average molecular weight is 268 g/mol. The van der Waals surface area contributed by atoms with Gasteiger partial charge in [0.25, 0.3) is 5.95 Å². The van der Waals surface area contributed by atoms with Gasteiger partial charge in [-0.2, -0.15) is 5.10 Å². The quantitative estimate of drug-likeness (QED) is 0.459. The number of hydrogen-bond donors (Lipinski definition) is 2. The highest BCUT2D eigenvalue weighted by Crippen LogP contribution is 2.17. The molecule has 0 saturated heterocycles. The Balaban J connectivity index is 2.22. The fourth-order valence-corrected chi connectivity index (χ4v) is 2.35. The third-order valence-corrected chi connectivity index (χ3v) is 3.41. The van der Waals surface area contributed by atoms with Crippen LogP contribution in [-0.4, -0.2) is 42.1 Å². The zero-order valence-electron chi connectivity index (χ0n) is 10.4. The summed E-state index contributed by atoms with van der Waals surface area (Å²) in [5.41, 5.74) is 1.86. The first-order valence-corrected chi connectivity index (χ1v) is 6.60. The maximum Gasteiger partial charge on any atom is 0.271 e. The third kappa shape index (κ3) is 2.49. The smallest absolute Gasteiger partial charge is 0.271 e. The fourth-order valence-electron chi connectivity index (χ4n) is 1.57. The second-order valence-electron chi connectivity index (χ2n) is 3.92. The van der Waals surface area contributed by atoms with E-state index in [4.69, 9.17) is 10.9 Å². The number of rotatable bonds is 5. The van der Waals surface area contributed by atoms with Gasteiger partial charge in [-0.3, -0.25) is 0 Å². The van der Waals surface area contributed by atoms with Crippen molar-refractivity contribution in [2.24, 2.45) is 0 Å². The first-order chi connectivity index (χ1) is 8.63. The lowest BCUT2D eigenvalue weighted by atomic mass is 10.4. The minimum absolute atomic E-state index is 0.163. The van der Waals surface area contributed by atoms with Crippen molar-refractivity contribution in [1.82, 2.24) is 24.7 Å². The number of hydrogen-bond acceptors (Lipinski definition) is 6. The molecule has 0 saturated carbocycles. The number of nitrogen functional groups attached to an aromatic ring is 1. The molecule has 2 aromatic heterocycles. The largest absolute Gasteiger partial charge is 0.396 e. The molecule has 0 aliphatic rings. The predicted molar refractivity (Wildman–Crippen MR) is 69.2 cm³/mol. The van der Waals surface area contributed by atoms with E-state index >= 15 is 0 Å². The zero-order valence-corrected chi connectivity index (χ0v) is 11.2. The van der Waals surface area contributed by atoms with Crippen LogP contribution in [0.3, 0.4) is 0 Å². The summed E-state index contributed by atoms with van der Waals surface area (Å²) >= 11 is 1.46. The maximum atomic E-state index is 8.73. The minimum Gasteiger partial charge on any atom is -0.396 e. The van der Waals surface area contributed by atoms with Gasteiger partial charge in [0, 0.05) is 18.1 Å². The molecule has 2 aromatic rings. The molecule has 0 atom stereocenters. The third-order valence-electron chi connectivity index (χ3n) is 2.38. The molecule has 0 spiro atoms. The van der Waals surface area contributed by atoms with Gasteiger partial charge in [-0.25, -0.2) is 9.36 Å². The zero-order chi connectivity index (χ0) is 13.1. The second kappa shape index (κ2) is 5.40. The number of aromatic nitrogens is 5. The van der Waals surface area contributed by atoms with Crippen molar-refractivity contribution in [1.29, 1.82) is 0 Å². The van der Waals surface area contributed by atoms with Crippen molar-refractivity contribution in [3.63, 3.8) is 0 Å². The van der Waals surface area contributed by atoms with E-state index in [2.05, 4.69) is 15.3 Å². The Morgan fingerprint density at radius 3 is 2.78 bits per heavy atom. The summed E-state index contributed by atoms with van der Waals surface area (Å²) in [4.78, 5) is 0. The van der Waals surface area contributed by atoms with Crippen LogP contribution in [0.1, 0.15) is 17.8 Å². The van der Waals surface area contributed by atoms with Crippen LogP contribution in [0.2, 0.25) is 0 Å². The molecule has 2 heterocycles. The van der Waals surface area contributed by atoms with Gasteiger partial charge in [0.2, 0.25) is 5.16 Å². The Bertz CT molecular complexity index is 534. The molecule has 3 N–H and O–H groups in total. The Hall–Kier alpha value is -1.54. The number of aryl methyl sites for hydroxylation is 2. The van der Waals surface area contributed by atoms with Crippen molar-refractivity contribution >= 4 is 11.8 Å². The van der Waals surface area contributed by atoms with E-state index in [1.807, 2.05) is 19.9 Å². The van der Waals surface area contributed by atoms with E-state index in [1.165, 1.54) is 16.4 Å². The molecule has 0 aromatic carbocycles. The van der Waals surface area contributed by atoms with E-state index in [0.29, 0.717) is 17.5 Å². The SMILES string of the molecule is Cc1cc(C)n(-c2nnc(SCCCO)n2N)n1. The monoisotopic (exact) mass is 268 g/mol. The van der Waals surface area contributed by atoms with E-state index in [-0.39, 0.29) is 6.61 Å². The van der Waals surface area contributed by atoms with Crippen LogP contribution in [0, 0.1) is 13.8 Å². The molecule has 0 bridgehead atoms. The molecule has 0 aliphatic carbocycles. The van der Waals surface area contributed by atoms with Crippen molar-refractivity contribution in [2.75, 3.05) is 18.2 Å². The molecule has 98 valence electrons. The normalized spacial score (nSPS) is 11.1. The summed E-state index contributed by atoms with van der Waals surface area (Å²) in [6.45, 7) is 4.01. The Labute approximate surface area is 109 Å². The molecule has 0 amide bonds. The molecule has 18 heavy (non-hydrogen) atoms. The van der Waals surface area contributed by atoms with Crippen LogP contribution >= 0.6 is 11.8 Å². The lowest BCUT2D eigenvalue weighted by Gasteiger charge is -2.04. The number of thioether (sulfide) groups is 1. The van der Waals surface area contributed by atoms with Crippen LogP contribution in [0.4, 0.5) is 0 Å². The Kier molecular flexibility index (Phi) is 3.87. The molecule has 0 radical (unpaired) electrons. The van der Waals surface area contributed by atoms with Crippen LogP contribution in [0.5, 0.6) is 0 Å². The summed E-state index contributed by atoms with van der Waals surface area (Å²) in [6, 6.07) is 1.95. The van der Waals surface area contributed by atoms with Gasteiger partial charge in [-0.05, 0) is 26.3 Å². The molecular formula is C10H16N6OS. The van der Waals surface area contributed by atoms with Crippen molar-refractivity contribution in [2.45, 2.75) is 25.4 Å². The van der Waals surface area contributed by atoms with Crippen molar-refractivity contribution < 1.29 is 5.11 Å². The molecule has 0 aliphatic heterocycles. The average Bonchev–Trinajstić information content (AvgIpc) is 2.83. The predicted octanol–water partition coefficient (Wildman–Crippen LogP) is 0.269. The molecule has 0 fully saturated rings. The summed E-state index contributed by atoms with van der Waals surface area (Å²) in [5.74, 6) is 7.19. The number of aliphatic hydroxyl groups is 1. The Morgan fingerprint density at radius 2 is 2.17 bits per heavy atom. The lowest BCUT2D eigenvalue weighted by molar-refractivity contribution is 0.296. The van der Waals surface area contributed by atoms with Crippen molar-refractivity contribution in [3.8, 4) is 5.95 Å². The van der Waals surface area contributed by atoms with Crippen LogP contribution in [-0.2, 0) is 0 Å². The summed E-state index contributed by atoms with van der Waals surface area (Å²) < 4.78 is 3.08. The van der Waals surface area contributed by atoms with Crippen LogP contribution < -0.4 is 5.84 Å². The van der Waals surface area contributed by atoms with Gasteiger partial charge in [-0.15, -0.1) is 10.2 Å². The van der Waals surface area contributed by atoms with Gasteiger partial charge in [0.1, 0.15) is 0 Å². The standard InChI is InChI=1S/C10H16N6OS/c1-7-6-8(2)16(14-7)9-12-13-10(15(9)11)18-5-3-4-17/h6,17H,3-5,11H2,1-2H3. The van der Waals surface area contributed by atoms with Gasteiger partial charge in [-0.1, -0.05) is 11.8 Å². The van der Waals surface area contributed by atoms with Gasteiger partial charge in [0.05, 0.1) is 5.69 Å². The second-order valence-corrected chi connectivity index (χ2v) is 4.98. The highest BCUT2D eigenvalue weighted by Gasteiger charge is 2.14. The fraction of sp³-hybridized carbons (Fsp3) is 0.500. The highest BCUT2D eigenvalue weighted by molar-refractivity contribution is 7.99. The minimum atomic E-state index is 0.163. The first-order valence-electron chi connectivity index (χ1n) is 5.61. The Morgan fingerprint density at radius 1 is 1.39 bits per heavy atom. The summed E-state index contributed by atoms with van der Waals surface area (Å²) in [7, 11) is 0. The topological polar surface area (TPSA) is 94.8 Å². The molecule has 7 nitrogen and oxygen atoms in total. The maximum absolute atomic E-state index is 8.73. The van der Waals surface area contributed by atoms with E-state index in [0.717, 1.165) is 17.1 Å². The molecular weight excluding hydrogens is 252 g/mol.